The summed E-state index contributed by atoms with van der Waals surface area (Å²) in [5.74, 6) is -0.607. The third kappa shape index (κ3) is 4.21. The number of rotatable bonds is 4. The van der Waals surface area contributed by atoms with Crippen LogP contribution in [-0.4, -0.2) is 42.7 Å². The third-order valence-electron chi connectivity index (χ3n) is 3.04. The van der Waals surface area contributed by atoms with Crippen LogP contribution in [0, 0.1) is 0 Å². The van der Waals surface area contributed by atoms with Crippen molar-refractivity contribution in [2.45, 2.75) is 25.1 Å². The van der Waals surface area contributed by atoms with Crippen LogP contribution >= 0.6 is 11.3 Å². The molecule has 0 radical (unpaired) electrons. The highest BCUT2D eigenvalue weighted by Crippen LogP contribution is 2.30. The second kappa shape index (κ2) is 6.06. The molecule has 0 aromatic carbocycles. The maximum atomic E-state index is 12.0. The summed E-state index contributed by atoms with van der Waals surface area (Å²) in [5, 5.41) is 2.77. The van der Waals surface area contributed by atoms with E-state index in [0.29, 0.717) is 11.7 Å². The molecule has 1 aromatic rings. The first-order chi connectivity index (χ1) is 9.76. The molecule has 1 aliphatic rings. The Morgan fingerprint density at radius 3 is 2.81 bits per heavy atom. The summed E-state index contributed by atoms with van der Waals surface area (Å²) in [6.45, 7) is 0.870. The minimum Gasteiger partial charge on any atom is -0.382 e. The highest BCUT2D eigenvalue weighted by Gasteiger charge is 2.28. The molecular weight excluding hydrogens is 307 g/mol. The van der Waals surface area contributed by atoms with Crippen molar-refractivity contribution in [2.75, 3.05) is 30.3 Å². The number of nitrogens with two attached hydrogens (primary N) is 2. The van der Waals surface area contributed by atoms with Crippen molar-refractivity contribution in [3.05, 3.63) is 4.88 Å². The molecule has 1 aromatic heterocycles. The molecule has 1 unspecified atom stereocenters. The third-order valence-corrected chi connectivity index (χ3v) is 4.17. The molecular formula is C11H16F3N5OS. The molecule has 0 spiro atoms. The van der Waals surface area contributed by atoms with Crippen molar-refractivity contribution >= 4 is 28.2 Å². The fourth-order valence-corrected chi connectivity index (χ4v) is 2.91. The smallest absolute Gasteiger partial charge is 0.382 e. The molecule has 2 rings (SSSR count). The van der Waals surface area contributed by atoms with E-state index in [1.54, 1.807) is 0 Å². The summed E-state index contributed by atoms with van der Waals surface area (Å²) in [6, 6.07) is 0.0548. The van der Waals surface area contributed by atoms with Crippen LogP contribution in [0.5, 0.6) is 0 Å². The Kier molecular flexibility index (Phi) is 4.57. The van der Waals surface area contributed by atoms with Crippen molar-refractivity contribution in [1.82, 2.24) is 10.3 Å². The average Bonchev–Trinajstić information content (AvgIpc) is 2.93. The Morgan fingerprint density at radius 2 is 2.24 bits per heavy atom. The standard InChI is InChI=1S/C11H16F3N5OS/c12-11(13,14)2-3-17-9(20)7-8(16)18-10(21-7)19-4-1-6(15)5-19/h6H,1-5,15-16H2,(H,17,20). The van der Waals surface area contributed by atoms with Crippen LogP contribution in [0.1, 0.15) is 22.5 Å². The van der Waals surface area contributed by atoms with Crippen LogP contribution in [0.3, 0.4) is 0 Å². The fraction of sp³-hybridized carbons (Fsp3) is 0.636. The molecule has 0 aliphatic carbocycles. The molecule has 1 fully saturated rings. The molecule has 1 amide bonds. The lowest BCUT2D eigenvalue weighted by Crippen LogP contribution is -2.27. The van der Waals surface area contributed by atoms with Gasteiger partial charge in [0.15, 0.2) is 5.13 Å². The minimum absolute atomic E-state index is 0.0278. The molecule has 1 atom stereocenters. The molecule has 6 nitrogen and oxygen atoms in total. The average molecular weight is 323 g/mol. The van der Waals surface area contributed by atoms with Crippen LogP contribution in [0.15, 0.2) is 0 Å². The Labute approximate surface area is 123 Å². The van der Waals surface area contributed by atoms with Crippen LogP contribution in [-0.2, 0) is 0 Å². The number of nitrogens with one attached hydrogen (secondary N) is 1. The van der Waals surface area contributed by atoms with Crippen molar-refractivity contribution in [3.63, 3.8) is 0 Å². The van der Waals surface area contributed by atoms with E-state index < -0.39 is 25.0 Å². The van der Waals surface area contributed by atoms with Crippen molar-refractivity contribution in [2.24, 2.45) is 5.73 Å². The van der Waals surface area contributed by atoms with E-state index in [4.69, 9.17) is 11.5 Å². The summed E-state index contributed by atoms with van der Waals surface area (Å²) >= 11 is 1.07. The predicted molar refractivity (Wildman–Crippen MR) is 74.3 cm³/mol. The molecule has 1 aliphatic heterocycles. The van der Waals surface area contributed by atoms with Gasteiger partial charge in [-0.05, 0) is 6.42 Å². The number of nitrogens with zero attached hydrogens (tertiary/aromatic N) is 2. The van der Waals surface area contributed by atoms with E-state index in [2.05, 4.69) is 10.3 Å². The van der Waals surface area contributed by atoms with Crippen molar-refractivity contribution in [3.8, 4) is 0 Å². The number of halogens is 3. The lowest BCUT2D eigenvalue weighted by Gasteiger charge is -2.12. The first-order valence-electron chi connectivity index (χ1n) is 6.38. The first-order valence-corrected chi connectivity index (χ1v) is 7.19. The number of amides is 1. The zero-order valence-electron chi connectivity index (χ0n) is 11.1. The highest BCUT2D eigenvalue weighted by molar-refractivity contribution is 7.18. The van der Waals surface area contributed by atoms with E-state index in [1.165, 1.54) is 0 Å². The van der Waals surface area contributed by atoms with E-state index in [1.807, 2.05) is 4.90 Å². The summed E-state index contributed by atoms with van der Waals surface area (Å²) in [5.41, 5.74) is 11.5. The van der Waals surface area contributed by atoms with E-state index in [0.717, 1.165) is 24.3 Å². The van der Waals surface area contributed by atoms with Gasteiger partial charge in [-0.3, -0.25) is 4.79 Å². The normalized spacial score (nSPS) is 19.0. The molecule has 0 bridgehead atoms. The largest absolute Gasteiger partial charge is 0.390 e. The van der Waals surface area contributed by atoms with Gasteiger partial charge in [-0.1, -0.05) is 11.3 Å². The Bertz CT molecular complexity index is 518. The first kappa shape index (κ1) is 15.8. The predicted octanol–water partition coefficient (Wildman–Crippen LogP) is 0.945. The molecule has 1 saturated heterocycles. The summed E-state index contributed by atoms with van der Waals surface area (Å²) in [6.07, 6.45) is -4.55. The van der Waals surface area contributed by atoms with E-state index in [9.17, 15) is 18.0 Å². The number of aromatic nitrogens is 1. The maximum absolute atomic E-state index is 12.0. The van der Waals surface area contributed by atoms with Crippen LogP contribution < -0.4 is 21.7 Å². The van der Waals surface area contributed by atoms with Crippen LogP contribution in [0.4, 0.5) is 24.1 Å². The van der Waals surface area contributed by atoms with E-state index >= 15 is 0 Å². The highest BCUT2D eigenvalue weighted by atomic mass is 32.1. The van der Waals surface area contributed by atoms with Gasteiger partial charge in [0.05, 0.1) is 6.42 Å². The number of carbonyl (C=O) groups is 1. The molecule has 0 saturated carbocycles. The Morgan fingerprint density at radius 1 is 1.52 bits per heavy atom. The van der Waals surface area contributed by atoms with Gasteiger partial charge in [0.2, 0.25) is 0 Å². The zero-order valence-corrected chi connectivity index (χ0v) is 11.9. The van der Waals surface area contributed by atoms with Gasteiger partial charge in [0, 0.05) is 25.7 Å². The summed E-state index contributed by atoms with van der Waals surface area (Å²) in [7, 11) is 0. The fourth-order valence-electron chi connectivity index (χ4n) is 1.98. The van der Waals surface area contributed by atoms with Gasteiger partial charge in [-0.25, -0.2) is 4.98 Å². The van der Waals surface area contributed by atoms with Crippen molar-refractivity contribution < 1.29 is 18.0 Å². The van der Waals surface area contributed by atoms with Gasteiger partial charge in [-0.2, -0.15) is 13.2 Å². The number of anilines is 2. The van der Waals surface area contributed by atoms with Crippen LogP contribution in [0.25, 0.3) is 0 Å². The number of hydrogen-bond acceptors (Lipinski definition) is 6. The lowest BCUT2D eigenvalue weighted by atomic mass is 10.3. The molecule has 2 heterocycles. The zero-order chi connectivity index (χ0) is 15.6. The Balaban J connectivity index is 1.97. The summed E-state index contributed by atoms with van der Waals surface area (Å²) < 4.78 is 36.1. The van der Waals surface area contributed by atoms with E-state index in [-0.39, 0.29) is 16.7 Å². The Hall–Kier alpha value is -1.55. The number of alkyl halides is 3. The molecule has 5 N–H and O–H groups in total. The number of carbonyl (C=O) groups excluding carboxylic acids is 1. The van der Waals surface area contributed by atoms with Gasteiger partial charge >= 0.3 is 6.18 Å². The number of hydrogen-bond donors (Lipinski definition) is 3. The quantitative estimate of drug-likeness (QED) is 0.766. The van der Waals surface area contributed by atoms with Crippen LogP contribution in [0.2, 0.25) is 0 Å². The van der Waals surface area contributed by atoms with Gasteiger partial charge < -0.3 is 21.7 Å². The molecule has 118 valence electrons. The minimum atomic E-state index is -4.30. The topological polar surface area (TPSA) is 97.3 Å². The van der Waals surface area contributed by atoms with Gasteiger partial charge in [0.25, 0.3) is 5.91 Å². The summed E-state index contributed by atoms with van der Waals surface area (Å²) in [4.78, 5) is 17.9. The lowest BCUT2D eigenvalue weighted by molar-refractivity contribution is -0.132. The second-order valence-electron chi connectivity index (χ2n) is 4.83. The number of thiazole rings is 1. The van der Waals surface area contributed by atoms with Gasteiger partial charge in [0.1, 0.15) is 10.7 Å². The number of nitrogen functional groups attached to an aromatic ring is 1. The molecule has 10 heteroatoms. The van der Waals surface area contributed by atoms with Crippen molar-refractivity contribution in [1.29, 1.82) is 0 Å². The second-order valence-corrected chi connectivity index (χ2v) is 5.80. The monoisotopic (exact) mass is 323 g/mol. The van der Waals surface area contributed by atoms with Gasteiger partial charge in [-0.15, -0.1) is 0 Å². The molecule has 21 heavy (non-hydrogen) atoms. The SMILES string of the molecule is Nc1nc(N2CCC(N)C2)sc1C(=O)NCCC(F)(F)F. The maximum Gasteiger partial charge on any atom is 0.390 e.